The molecule has 0 atom stereocenters. The fraction of sp³-hybridized carbons (Fsp3) is 0.556. The van der Waals surface area contributed by atoms with Gasteiger partial charge in [0.1, 0.15) is 0 Å². The molecule has 0 bridgehead atoms. The Labute approximate surface area is 63.4 Å². The predicted molar refractivity (Wildman–Crippen MR) is 45.1 cm³/mol. The van der Waals surface area contributed by atoms with E-state index in [1.807, 2.05) is 19.1 Å². The molecule has 0 fully saturated rings. The van der Waals surface area contributed by atoms with Crippen LogP contribution in [0.25, 0.3) is 0 Å². The van der Waals surface area contributed by atoms with Crippen LogP contribution in [0.2, 0.25) is 0 Å². The van der Waals surface area contributed by atoms with Crippen LogP contribution in [0.15, 0.2) is 23.8 Å². The average molecular weight is 140 g/mol. The largest absolute Gasteiger partial charge is 0.380 e. The fourth-order valence-electron chi connectivity index (χ4n) is 0.686. The van der Waals surface area contributed by atoms with Gasteiger partial charge in [0.2, 0.25) is 0 Å². The summed E-state index contributed by atoms with van der Waals surface area (Å²) < 4.78 is 4.99. The Kier molecular flexibility index (Phi) is 6.19. The van der Waals surface area contributed by atoms with Crippen LogP contribution in [0.4, 0.5) is 0 Å². The molecule has 1 heteroatoms. The van der Waals surface area contributed by atoms with Crippen molar-refractivity contribution in [2.24, 2.45) is 0 Å². The summed E-state index contributed by atoms with van der Waals surface area (Å²) in [5.41, 5.74) is 1.33. The SMILES string of the molecule is CC=CC=C(CC)COC. The summed E-state index contributed by atoms with van der Waals surface area (Å²) >= 11 is 0. The molecule has 0 aromatic heterocycles. The zero-order valence-corrected chi connectivity index (χ0v) is 7.05. The molecule has 0 radical (unpaired) electrons. The van der Waals surface area contributed by atoms with Gasteiger partial charge in [-0.05, 0) is 18.9 Å². The molecule has 0 unspecified atom stereocenters. The van der Waals surface area contributed by atoms with Crippen molar-refractivity contribution in [1.82, 2.24) is 0 Å². The predicted octanol–water partition coefficient (Wildman–Crippen LogP) is 2.55. The zero-order chi connectivity index (χ0) is 7.82. The van der Waals surface area contributed by atoms with E-state index >= 15 is 0 Å². The molecule has 0 aliphatic heterocycles. The van der Waals surface area contributed by atoms with Crippen molar-refractivity contribution in [3.63, 3.8) is 0 Å². The van der Waals surface area contributed by atoms with Crippen molar-refractivity contribution in [3.05, 3.63) is 23.8 Å². The maximum atomic E-state index is 4.99. The first kappa shape index (κ1) is 9.44. The van der Waals surface area contributed by atoms with E-state index in [2.05, 4.69) is 13.0 Å². The third-order valence-corrected chi connectivity index (χ3v) is 1.31. The Bertz CT molecular complexity index is 123. The van der Waals surface area contributed by atoms with Crippen molar-refractivity contribution in [2.75, 3.05) is 13.7 Å². The lowest BCUT2D eigenvalue weighted by atomic mass is 10.2. The van der Waals surface area contributed by atoms with Gasteiger partial charge in [-0.25, -0.2) is 0 Å². The van der Waals surface area contributed by atoms with Gasteiger partial charge in [0.25, 0.3) is 0 Å². The highest BCUT2D eigenvalue weighted by Crippen LogP contribution is 2.00. The van der Waals surface area contributed by atoms with E-state index < -0.39 is 0 Å². The molecule has 0 saturated heterocycles. The summed E-state index contributed by atoms with van der Waals surface area (Å²) in [6.45, 7) is 4.89. The molecular weight excluding hydrogens is 124 g/mol. The van der Waals surface area contributed by atoms with Gasteiger partial charge in [0, 0.05) is 7.11 Å². The van der Waals surface area contributed by atoms with Crippen LogP contribution in [0.1, 0.15) is 20.3 Å². The van der Waals surface area contributed by atoms with Crippen molar-refractivity contribution >= 4 is 0 Å². The minimum absolute atomic E-state index is 0.751. The van der Waals surface area contributed by atoms with Crippen molar-refractivity contribution in [3.8, 4) is 0 Å². The summed E-state index contributed by atoms with van der Waals surface area (Å²) in [5.74, 6) is 0. The molecule has 1 nitrogen and oxygen atoms in total. The van der Waals surface area contributed by atoms with Gasteiger partial charge in [0.05, 0.1) is 6.61 Å². The summed E-state index contributed by atoms with van der Waals surface area (Å²) in [5, 5.41) is 0. The first-order chi connectivity index (χ1) is 4.85. The third kappa shape index (κ3) is 4.33. The lowest BCUT2D eigenvalue weighted by Crippen LogP contribution is -1.91. The number of allylic oxidation sites excluding steroid dienone is 3. The maximum Gasteiger partial charge on any atom is 0.0675 e. The topological polar surface area (TPSA) is 9.23 Å². The highest BCUT2D eigenvalue weighted by molar-refractivity contribution is 5.11. The van der Waals surface area contributed by atoms with Gasteiger partial charge in [-0.1, -0.05) is 25.2 Å². The molecular formula is C9H16O. The van der Waals surface area contributed by atoms with Crippen LogP contribution >= 0.6 is 0 Å². The van der Waals surface area contributed by atoms with Crippen LogP contribution in [-0.2, 0) is 4.74 Å². The molecule has 0 heterocycles. The lowest BCUT2D eigenvalue weighted by molar-refractivity contribution is 0.223. The second kappa shape index (κ2) is 6.56. The quantitative estimate of drug-likeness (QED) is 0.545. The van der Waals surface area contributed by atoms with E-state index in [1.54, 1.807) is 7.11 Å². The molecule has 0 aliphatic rings. The van der Waals surface area contributed by atoms with Gasteiger partial charge in [-0.3, -0.25) is 0 Å². The van der Waals surface area contributed by atoms with Crippen LogP contribution < -0.4 is 0 Å². The molecule has 0 saturated carbocycles. The normalized spacial score (nSPS) is 12.9. The molecule has 0 spiro atoms. The van der Waals surface area contributed by atoms with Gasteiger partial charge >= 0.3 is 0 Å². The minimum Gasteiger partial charge on any atom is -0.380 e. The van der Waals surface area contributed by atoms with Gasteiger partial charge in [0.15, 0.2) is 0 Å². The van der Waals surface area contributed by atoms with E-state index in [9.17, 15) is 0 Å². The number of rotatable bonds is 4. The Balaban J connectivity index is 3.78. The second-order valence-corrected chi connectivity index (χ2v) is 2.14. The van der Waals surface area contributed by atoms with Crippen molar-refractivity contribution < 1.29 is 4.74 Å². The number of ether oxygens (including phenoxy) is 1. The Hall–Kier alpha value is -0.560. The standard InChI is InChI=1S/C9H16O/c1-4-6-7-9(5-2)8-10-3/h4,6-7H,5,8H2,1-3H3. The molecule has 0 aromatic rings. The van der Waals surface area contributed by atoms with Gasteiger partial charge in [-0.15, -0.1) is 0 Å². The number of hydrogen-bond acceptors (Lipinski definition) is 1. The summed E-state index contributed by atoms with van der Waals surface area (Å²) in [7, 11) is 1.72. The second-order valence-electron chi connectivity index (χ2n) is 2.14. The lowest BCUT2D eigenvalue weighted by Gasteiger charge is -1.99. The van der Waals surface area contributed by atoms with E-state index in [1.165, 1.54) is 5.57 Å². The average Bonchev–Trinajstić information content (AvgIpc) is 1.98. The minimum atomic E-state index is 0.751. The molecule has 10 heavy (non-hydrogen) atoms. The molecule has 0 aliphatic carbocycles. The van der Waals surface area contributed by atoms with Gasteiger partial charge < -0.3 is 4.74 Å². The molecule has 0 amide bonds. The Morgan fingerprint density at radius 3 is 2.60 bits per heavy atom. The van der Waals surface area contributed by atoms with Crippen molar-refractivity contribution in [2.45, 2.75) is 20.3 Å². The smallest absolute Gasteiger partial charge is 0.0675 e. The summed E-state index contributed by atoms with van der Waals surface area (Å²) in [4.78, 5) is 0. The molecule has 58 valence electrons. The Morgan fingerprint density at radius 1 is 1.50 bits per heavy atom. The first-order valence-corrected chi connectivity index (χ1v) is 3.64. The zero-order valence-electron chi connectivity index (χ0n) is 7.05. The van der Waals surface area contributed by atoms with Gasteiger partial charge in [-0.2, -0.15) is 0 Å². The molecule has 0 N–H and O–H groups in total. The summed E-state index contributed by atoms with van der Waals surface area (Å²) in [6, 6.07) is 0. The number of hydrogen-bond donors (Lipinski definition) is 0. The van der Waals surface area contributed by atoms with Crippen molar-refractivity contribution in [1.29, 1.82) is 0 Å². The highest BCUT2D eigenvalue weighted by Gasteiger charge is 1.88. The van der Waals surface area contributed by atoms with Crippen LogP contribution in [0.3, 0.4) is 0 Å². The monoisotopic (exact) mass is 140 g/mol. The molecule has 0 rings (SSSR count). The first-order valence-electron chi connectivity index (χ1n) is 3.64. The van der Waals surface area contributed by atoms with E-state index in [-0.39, 0.29) is 0 Å². The van der Waals surface area contributed by atoms with E-state index in [0.29, 0.717) is 0 Å². The van der Waals surface area contributed by atoms with E-state index in [0.717, 1.165) is 13.0 Å². The summed E-state index contributed by atoms with van der Waals surface area (Å²) in [6.07, 6.45) is 7.23. The van der Waals surface area contributed by atoms with Crippen LogP contribution in [0, 0.1) is 0 Å². The van der Waals surface area contributed by atoms with E-state index in [4.69, 9.17) is 4.74 Å². The maximum absolute atomic E-state index is 4.99. The number of methoxy groups -OCH3 is 1. The highest BCUT2D eigenvalue weighted by atomic mass is 16.5. The Morgan fingerprint density at radius 2 is 2.20 bits per heavy atom. The van der Waals surface area contributed by atoms with Crippen LogP contribution in [-0.4, -0.2) is 13.7 Å². The third-order valence-electron chi connectivity index (χ3n) is 1.31. The van der Waals surface area contributed by atoms with Crippen LogP contribution in [0.5, 0.6) is 0 Å². The fourth-order valence-corrected chi connectivity index (χ4v) is 0.686. The molecule has 0 aromatic carbocycles.